The Bertz CT molecular complexity index is 1190. The van der Waals surface area contributed by atoms with Crippen LogP contribution in [-0.2, 0) is 13.1 Å². The van der Waals surface area contributed by atoms with Crippen molar-refractivity contribution in [1.82, 2.24) is 10.6 Å². The molecule has 0 spiro atoms. The number of nitrogens with one attached hydrogen (secondary N) is 2. The van der Waals surface area contributed by atoms with E-state index in [0.717, 1.165) is 11.1 Å². The third kappa shape index (κ3) is 5.80. The standard InChI is InChI=1S/C24H22N4O6/c1-15-6-8-19(11-21(15)27(31)32)23(29)25-13-17-4-3-5-18(10-17)14-26-24(30)20-9-7-16(2)22(12-20)28(33)34/h3-12H,13-14H2,1-2H3,(H,25,29)(H,26,30). The molecule has 0 unspecified atom stereocenters. The van der Waals surface area contributed by atoms with Crippen LogP contribution in [0.1, 0.15) is 43.0 Å². The van der Waals surface area contributed by atoms with Gasteiger partial charge in [-0.3, -0.25) is 29.8 Å². The molecule has 0 aliphatic rings. The van der Waals surface area contributed by atoms with Crippen molar-refractivity contribution < 1.29 is 19.4 Å². The Morgan fingerprint density at radius 2 is 1.12 bits per heavy atom. The molecule has 3 aromatic carbocycles. The summed E-state index contributed by atoms with van der Waals surface area (Å²) in [4.78, 5) is 46.0. The SMILES string of the molecule is Cc1ccc(C(=O)NCc2cccc(CNC(=O)c3ccc(C)c([N+](=O)[O-])c3)c2)cc1[N+](=O)[O-]. The molecule has 3 rings (SSSR count). The van der Waals surface area contributed by atoms with Crippen LogP contribution in [0.3, 0.4) is 0 Å². The van der Waals surface area contributed by atoms with E-state index in [1.165, 1.54) is 36.4 Å². The van der Waals surface area contributed by atoms with Crippen molar-refractivity contribution >= 4 is 23.2 Å². The zero-order valence-electron chi connectivity index (χ0n) is 18.5. The first kappa shape index (κ1) is 24.1. The Morgan fingerprint density at radius 1 is 0.706 bits per heavy atom. The number of hydrogen-bond donors (Lipinski definition) is 2. The van der Waals surface area contributed by atoms with Gasteiger partial charge in [0.15, 0.2) is 0 Å². The maximum Gasteiger partial charge on any atom is 0.273 e. The van der Waals surface area contributed by atoms with Crippen LogP contribution in [0.5, 0.6) is 0 Å². The lowest BCUT2D eigenvalue weighted by atomic mass is 10.1. The van der Waals surface area contributed by atoms with Gasteiger partial charge in [-0.05, 0) is 37.1 Å². The van der Waals surface area contributed by atoms with E-state index < -0.39 is 21.7 Å². The van der Waals surface area contributed by atoms with Gasteiger partial charge in [0.05, 0.1) is 9.85 Å². The Kier molecular flexibility index (Phi) is 7.32. The molecule has 0 aliphatic heterocycles. The molecule has 0 radical (unpaired) electrons. The Morgan fingerprint density at radius 3 is 1.50 bits per heavy atom. The quantitative estimate of drug-likeness (QED) is 0.383. The number of amides is 2. The van der Waals surface area contributed by atoms with Gasteiger partial charge >= 0.3 is 0 Å². The number of carbonyl (C=O) groups is 2. The largest absolute Gasteiger partial charge is 0.348 e. The summed E-state index contributed by atoms with van der Waals surface area (Å²) >= 11 is 0. The van der Waals surface area contributed by atoms with E-state index in [0.29, 0.717) is 11.1 Å². The number of benzene rings is 3. The molecular weight excluding hydrogens is 440 g/mol. The number of aryl methyl sites for hydroxylation is 2. The van der Waals surface area contributed by atoms with E-state index in [-0.39, 0.29) is 35.6 Å². The summed E-state index contributed by atoms with van der Waals surface area (Å²) in [5.74, 6) is -0.884. The molecule has 0 aliphatic carbocycles. The molecule has 3 aromatic rings. The fourth-order valence-corrected chi connectivity index (χ4v) is 3.31. The second-order valence-corrected chi connectivity index (χ2v) is 7.70. The lowest BCUT2D eigenvalue weighted by Crippen LogP contribution is -2.24. The number of nitro groups is 2. The van der Waals surface area contributed by atoms with Crippen LogP contribution in [0.25, 0.3) is 0 Å². The van der Waals surface area contributed by atoms with Crippen molar-refractivity contribution in [2.75, 3.05) is 0 Å². The molecular formula is C24H22N4O6. The first-order valence-corrected chi connectivity index (χ1v) is 10.3. The summed E-state index contributed by atoms with van der Waals surface area (Å²) < 4.78 is 0. The number of nitro benzene ring substituents is 2. The number of carbonyl (C=O) groups excluding carboxylic acids is 2. The number of nitrogens with zero attached hydrogens (tertiary/aromatic N) is 2. The summed E-state index contributed by atoms with van der Waals surface area (Å²) in [5, 5.41) is 27.6. The van der Waals surface area contributed by atoms with Crippen molar-refractivity contribution in [2.45, 2.75) is 26.9 Å². The van der Waals surface area contributed by atoms with Gasteiger partial charge in [-0.2, -0.15) is 0 Å². The Balaban J connectivity index is 1.61. The fourth-order valence-electron chi connectivity index (χ4n) is 3.31. The average Bonchev–Trinajstić information content (AvgIpc) is 2.81. The van der Waals surface area contributed by atoms with E-state index in [9.17, 15) is 29.8 Å². The maximum atomic E-state index is 12.4. The number of hydrogen-bond acceptors (Lipinski definition) is 6. The highest BCUT2D eigenvalue weighted by atomic mass is 16.6. The van der Waals surface area contributed by atoms with Crippen molar-refractivity contribution in [3.05, 3.63) is 114 Å². The minimum absolute atomic E-state index is 0.121. The van der Waals surface area contributed by atoms with Gasteiger partial charge in [-0.1, -0.05) is 36.4 Å². The smallest absolute Gasteiger partial charge is 0.273 e. The van der Waals surface area contributed by atoms with Gasteiger partial charge in [0.1, 0.15) is 0 Å². The first-order chi connectivity index (χ1) is 16.2. The van der Waals surface area contributed by atoms with Crippen LogP contribution in [0.15, 0.2) is 60.7 Å². The van der Waals surface area contributed by atoms with E-state index in [1.807, 2.05) is 0 Å². The van der Waals surface area contributed by atoms with Crippen molar-refractivity contribution in [3.8, 4) is 0 Å². The van der Waals surface area contributed by atoms with Crippen molar-refractivity contribution in [3.63, 3.8) is 0 Å². The normalized spacial score (nSPS) is 10.4. The molecule has 10 nitrogen and oxygen atoms in total. The van der Waals surface area contributed by atoms with Crippen LogP contribution < -0.4 is 10.6 Å². The van der Waals surface area contributed by atoms with E-state index in [4.69, 9.17) is 0 Å². The molecule has 34 heavy (non-hydrogen) atoms. The highest BCUT2D eigenvalue weighted by Crippen LogP contribution is 2.20. The molecule has 0 heterocycles. The van der Waals surface area contributed by atoms with E-state index in [2.05, 4.69) is 10.6 Å². The number of rotatable bonds is 8. The predicted octanol–water partition coefficient (Wildman–Crippen LogP) is 3.98. The van der Waals surface area contributed by atoms with Gasteiger partial charge in [0.25, 0.3) is 23.2 Å². The summed E-state index contributed by atoms with van der Waals surface area (Å²) in [6.07, 6.45) is 0. The zero-order chi connectivity index (χ0) is 24.8. The highest BCUT2D eigenvalue weighted by Gasteiger charge is 2.16. The van der Waals surface area contributed by atoms with Crippen molar-refractivity contribution in [2.24, 2.45) is 0 Å². The summed E-state index contributed by atoms with van der Waals surface area (Å²) in [6, 6.07) is 15.8. The lowest BCUT2D eigenvalue weighted by molar-refractivity contribution is -0.385. The van der Waals surface area contributed by atoms with E-state index in [1.54, 1.807) is 38.1 Å². The van der Waals surface area contributed by atoms with Crippen molar-refractivity contribution in [1.29, 1.82) is 0 Å². The summed E-state index contributed by atoms with van der Waals surface area (Å²) in [7, 11) is 0. The molecule has 2 N–H and O–H groups in total. The predicted molar refractivity (Wildman–Crippen MR) is 124 cm³/mol. The van der Waals surface area contributed by atoms with Gasteiger partial charge in [0, 0.05) is 47.5 Å². The maximum absolute atomic E-state index is 12.4. The van der Waals surface area contributed by atoms with Crippen LogP contribution in [0.4, 0.5) is 11.4 Å². The third-order valence-corrected chi connectivity index (χ3v) is 5.23. The van der Waals surface area contributed by atoms with Crippen LogP contribution >= 0.6 is 0 Å². The van der Waals surface area contributed by atoms with E-state index >= 15 is 0 Å². The average molecular weight is 462 g/mol. The topological polar surface area (TPSA) is 144 Å². The summed E-state index contributed by atoms with van der Waals surface area (Å²) in [6.45, 7) is 3.58. The molecule has 0 saturated heterocycles. The molecule has 10 heteroatoms. The minimum Gasteiger partial charge on any atom is -0.348 e. The highest BCUT2D eigenvalue weighted by molar-refractivity contribution is 5.95. The molecule has 174 valence electrons. The second-order valence-electron chi connectivity index (χ2n) is 7.70. The van der Waals surface area contributed by atoms with Crippen LogP contribution in [-0.4, -0.2) is 21.7 Å². The first-order valence-electron chi connectivity index (χ1n) is 10.3. The Hall–Kier alpha value is -4.60. The molecule has 2 amide bonds. The van der Waals surface area contributed by atoms with Crippen LogP contribution in [0.2, 0.25) is 0 Å². The minimum atomic E-state index is -0.529. The third-order valence-electron chi connectivity index (χ3n) is 5.23. The second kappa shape index (κ2) is 10.3. The zero-order valence-corrected chi connectivity index (χ0v) is 18.5. The molecule has 0 saturated carbocycles. The molecule has 0 fully saturated rings. The monoisotopic (exact) mass is 462 g/mol. The van der Waals surface area contributed by atoms with Gasteiger partial charge in [-0.15, -0.1) is 0 Å². The fraction of sp³-hybridized carbons (Fsp3) is 0.167. The molecule has 0 aromatic heterocycles. The summed E-state index contributed by atoms with van der Waals surface area (Å²) in [5.41, 5.74) is 2.61. The van der Waals surface area contributed by atoms with Gasteiger partial charge < -0.3 is 10.6 Å². The molecule has 0 bridgehead atoms. The lowest BCUT2D eigenvalue weighted by Gasteiger charge is -2.09. The van der Waals surface area contributed by atoms with Gasteiger partial charge in [0.2, 0.25) is 0 Å². The van der Waals surface area contributed by atoms with Crippen LogP contribution in [0, 0.1) is 34.1 Å². The van der Waals surface area contributed by atoms with Gasteiger partial charge in [-0.25, -0.2) is 0 Å². The molecule has 0 atom stereocenters. The Labute approximate surface area is 194 Å².